The maximum absolute atomic E-state index is 5.76. The Morgan fingerprint density at radius 1 is 1.07 bits per heavy atom. The van der Waals surface area contributed by atoms with Gasteiger partial charge >= 0.3 is 0 Å². The van der Waals surface area contributed by atoms with Gasteiger partial charge in [-0.25, -0.2) is 0 Å². The maximum atomic E-state index is 5.76. The minimum Gasteiger partial charge on any atom is -0.491 e. The standard InChI is InChI=1S/C22H26BrN3O/c1-15(2)27-17-11-9-16(10-12-17)21(26(3)4)14-25-22-18-7-5-6-8-20(18)24-13-19(22)23/h5-13,15,21H,14H2,1-4H3,(H,24,25). The summed E-state index contributed by atoms with van der Waals surface area (Å²) in [5.74, 6) is 0.905. The second-order valence-electron chi connectivity index (χ2n) is 7.09. The lowest BCUT2D eigenvalue weighted by Crippen LogP contribution is -2.27. The molecule has 0 fully saturated rings. The zero-order valence-electron chi connectivity index (χ0n) is 16.2. The van der Waals surface area contributed by atoms with Gasteiger partial charge in [-0.15, -0.1) is 0 Å². The van der Waals surface area contributed by atoms with Crippen LogP contribution in [0, 0.1) is 0 Å². The van der Waals surface area contributed by atoms with Crippen molar-refractivity contribution in [1.82, 2.24) is 9.88 Å². The number of hydrogen-bond donors (Lipinski definition) is 1. The predicted molar refractivity (Wildman–Crippen MR) is 117 cm³/mol. The average molecular weight is 428 g/mol. The van der Waals surface area contributed by atoms with Crippen molar-refractivity contribution in [3.05, 3.63) is 64.8 Å². The van der Waals surface area contributed by atoms with Gasteiger partial charge in [0.15, 0.2) is 0 Å². The molecule has 3 aromatic rings. The van der Waals surface area contributed by atoms with Gasteiger partial charge in [0.2, 0.25) is 0 Å². The molecule has 0 saturated heterocycles. The van der Waals surface area contributed by atoms with E-state index < -0.39 is 0 Å². The topological polar surface area (TPSA) is 37.4 Å². The second-order valence-corrected chi connectivity index (χ2v) is 7.95. The lowest BCUT2D eigenvalue weighted by molar-refractivity contribution is 0.242. The number of halogens is 1. The van der Waals surface area contributed by atoms with E-state index in [4.69, 9.17) is 4.74 Å². The molecule has 1 aromatic heterocycles. The monoisotopic (exact) mass is 427 g/mol. The van der Waals surface area contributed by atoms with Crippen LogP contribution in [0.2, 0.25) is 0 Å². The number of nitrogens with one attached hydrogen (secondary N) is 1. The smallest absolute Gasteiger partial charge is 0.119 e. The van der Waals surface area contributed by atoms with Crippen molar-refractivity contribution in [2.45, 2.75) is 26.0 Å². The number of likely N-dealkylation sites (N-methyl/N-ethyl adjacent to an activating group) is 1. The zero-order valence-corrected chi connectivity index (χ0v) is 17.8. The van der Waals surface area contributed by atoms with Gasteiger partial charge in [-0.3, -0.25) is 4.98 Å². The number of hydrogen-bond acceptors (Lipinski definition) is 4. The summed E-state index contributed by atoms with van der Waals surface area (Å²) < 4.78 is 6.73. The highest BCUT2D eigenvalue weighted by molar-refractivity contribution is 9.10. The highest BCUT2D eigenvalue weighted by Crippen LogP contribution is 2.31. The van der Waals surface area contributed by atoms with Gasteiger partial charge < -0.3 is 15.0 Å². The van der Waals surface area contributed by atoms with E-state index in [0.29, 0.717) is 0 Å². The van der Waals surface area contributed by atoms with Crippen molar-refractivity contribution >= 4 is 32.5 Å². The van der Waals surface area contributed by atoms with Crippen LogP contribution >= 0.6 is 15.9 Å². The third-order valence-electron chi connectivity index (χ3n) is 4.46. The van der Waals surface area contributed by atoms with Crippen LogP contribution < -0.4 is 10.1 Å². The lowest BCUT2D eigenvalue weighted by Gasteiger charge is -2.26. The molecule has 0 spiro atoms. The fourth-order valence-corrected chi connectivity index (χ4v) is 3.59. The fourth-order valence-electron chi connectivity index (χ4n) is 3.13. The largest absolute Gasteiger partial charge is 0.491 e. The Hall–Kier alpha value is -2.11. The van der Waals surface area contributed by atoms with Crippen LogP contribution in [0.25, 0.3) is 10.9 Å². The van der Waals surface area contributed by atoms with E-state index in [-0.39, 0.29) is 12.1 Å². The van der Waals surface area contributed by atoms with Crippen molar-refractivity contribution in [2.75, 3.05) is 26.0 Å². The summed E-state index contributed by atoms with van der Waals surface area (Å²) in [5.41, 5.74) is 3.31. The van der Waals surface area contributed by atoms with Gasteiger partial charge in [0, 0.05) is 18.1 Å². The van der Waals surface area contributed by atoms with Crippen LogP contribution in [0.5, 0.6) is 5.75 Å². The molecule has 1 N–H and O–H groups in total. The van der Waals surface area contributed by atoms with E-state index in [1.54, 1.807) is 0 Å². The minimum absolute atomic E-state index is 0.180. The van der Waals surface area contributed by atoms with Gasteiger partial charge in [0.05, 0.1) is 27.8 Å². The molecule has 0 bridgehead atoms. The van der Waals surface area contributed by atoms with E-state index in [0.717, 1.165) is 33.4 Å². The van der Waals surface area contributed by atoms with E-state index in [2.05, 4.69) is 63.4 Å². The van der Waals surface area contributed by atoms with Crippen molar-refractivity contribution in [3.63, 3.8) is 0 Å². The number of rotatable bonds is 7. The molecule has 0 aliphatic heterocycles. The van der Waals surface area contributed by atoms with E-state index >= 15 is 0 Å². The van der Waals surface area contributed by atoms with Crippen molar-refractivity contribution < 1.29 is 4.74 Å². The molecular formula is C22H26BrN3O. The molecule has 1 unspecified atom stereocenters. The Morgan fingerprint density at radius 3 is 2.44 bits per heavy atom. The van der Waals surface area contributed by atoms with E-state index in [9.17, 15) is 0 Å². The quantitative estimate of drug-likeness (QED) is 0.539. The second kappa shape index (κ2) is 8.72. The first-order valence-corrected chi connectivity index (χ1v) is 9.95. The molecule has 2 aromatic carbocycles. The van der Waals surface area contributed by atoms with Gasteiger partial charge in [0.1, 0.15) is 5.75 Å². The van der Waals surface area contributed by atoms with Crippen LogP contribution in [-0.2, 0) is 0 Å². The zero-order chi connectivity index (χ0) is 19.4. The average Bonchev–Trinajstić information content (AvgIpc) is 2.64. The minimum atomic E-state index is 0.180. The first kappa shape index (κ1) is 19.6. The third-order valence-corrected chi connectivity index (χ3v) is 5.06. The number of benzene rings is 2. The number of aromatic nitrogens is 1. The summed E-state index contributed by atoms with van der Waals surface area (Å²) in [6.07, 6.45) is 2.03. The highest BCUT2D eigenvalue weighted by atomic mass is 79.9. The number of anilines is 1. The molecule has 27 heavy (non-hydrogen) atoms. The molecule has 0 aliphatic carbocycles. The fraction of sp³-hybridized carbons (Fsp3) is 0.318. The van der Waals surface area contributed by atoms with Crippen LogP contribution in [0.15, 0.2) is 59.2 Å². The molecule has 142 valence electrons. The van der Waals surface area contributed by atoms with Crippen LogP contribution in [0.1, 0.15) is 25.5 Å². The van der Waals surface area contributed by atoms with Crippen LogP contribution in [0.3, 0.4) is 0 Å². The lowest BCUT2D eigenvalue weighted by atomic mass is 10.1. The summed E-state index contributed by atoms with van der Waals surface area (Å²) in [4.78, 5) is 6.71. The molecule has 0 aliphatic rings. The Morgan fingerprint density at radius 2 is 1.78 bits per heavy atom. The van der Waals surface area contributed by atoms with Gasteiger partial charge in [-0.2, -0.15) is 0 Å². The SMILES string of the molecule is CC(C)Oc1ccc(C(CNc2c(Br)cnc3ccccc23)N(C)C)cc1. The van der Waals surface area contributed by atoms with Crippen molar-refractivity contribution in [2.24, 2.45) is 0 Å². The first-order valence-electron chi connectivity index (χ1n) is 9.16. The summed E-state index contributed by atoms with van der Waals surface area (Å²) in [5, 5.41) is 4.74. The number of ether oxygens (including phenoxy) is 1. The maximum Gasteiger partial charge on any atom is 0.119 e. The Balaban J connectivity index is 1.81. The molecule has 0 amide bonds. The van der Waals surface area contributed by atoms with E-state index in [1.807, 2.05) is 50.4 Å². The van der Waals surface area contributed by atoms with Crippen molar-refractivity contribution in [3.8, 4) is 5.75 Å². The Kier molecular flexibility index (Phi) is 6.34. The summed E-state index contributed by atoms with van der Waals surface area (Å²) in [6, 6.07) is 16.8. The van der Waals surface area contributed by atoms with Crippen LogP contribution in [0.4, 0.5) is 5.69 Å². The van der Waals surface area contributed by atoms with E-state index in [1.165, 1.54) is 5.56 Å². The normalized spacial score (nSPS) is 12.6. The molecule has 3 rings (SSSR count). The summed E-state index contributed by atoms with van der Waals surface area (Å²) >= 11 is 3.64. The molecule has 4 nitrogen and oxygen atoms in total. The summed E-state index contributed by atoms with van der Waals surface area (Å²) in [7, 11) is 4.20. The molecule has 0 saturated carbocycles. The number of fused-ring (bicyclic) bond motifs is 1. The number of para-hydroxylation sites is 1. The Labute approximate surface area is 169 Å². The molecule has 1 atom stereocenters. The summed E-state index contributed by atoms with van der Waals surface area (Å²) in [6.45, 7) is 4.86. The van der Waals surface area contributed by atoms with Gasteiger partial charge in [-0.1, -0.05) is 30.3 Å². The molecule has 1 heterocycles. The first-order chi connectivity index (χ1) is 13.0. The number of pyridine rings is 1. The van der Waals surface area contributed by atoms with Gasteiger partial charge in [-0.05, 0) is 67.6 Å². The third kappa shape index (κ3) is 4.79. The van der Waals surface area contributed by atoms with Gasteiger partial charge in [0.25, 0.3) is 0 Å². The van der Waals surface area contributed by atoms with Crippen molar-refractivity contribution in [1.29, 1.82) is 0 Å². The highest BCUT2D eigenvalue weighted by Gasteiger charge is 2.16. The molecule has 5 heteroatoms. The Bertz CT molecular complexity index is 894. The number of nitrogens with zero attached hydrogens (tertiary/aromatic N) is 2. The molecule has 0 radical (unpaired) electrons. The van der Waals surface area contributed by atoms with Crippen LogP contribution in [-0.4, -0.2) is 36.6 Å². The molecular weight excluding hydrogens is 402 g/mol. The predicted octanol–water partition coefficient (Wildman–Crippen LogP) is 5.50.